The summed E-state index contributed by atoms with van der Waals surface area (Å²) >= 11 is 7.12. The van der Waals surface area contributed by atoms with Gasteiger partial charge in [0.25, 0.3) is 5.91 Å². The number of carbonyl (C=O) groups excluding carboxylic acids is 2. The van der Waals surface area contributed by atoms with Crippen LogP contribution in [0.3, 0.4) is 0 Å². The van der Waals surface area contributed by atoms with Crippen LogP contribution in [-0.2, 0) is 9.59 Å². The number of carbonyl (C=O) groups is 2. The first-order valence-corrected chi connectivity index (χ1v) is 11.9. The fourth-order valence-corrected chi connectivity index (χ4v) is 4.12. The Hall–Kier alpha value is -3.37. The van der Waals surface area contributed by atoms with E-state index in [1.54, 1.807) is 29.2 Å². The van der Waals surface area contributed by atoms with Crippen LogP contribution in [0.5, 0.6) is 17.2 Å². The normalized spacial score (nSPS) is 11.8. The van der Waals surface area contributed by atoms with E-state index in [1.807, 2.05) is 25.1 Å². The number of rotatable bonds is 10. The molecule has 2 aromatic carbocycles. The van der Waals surface area contributed by atoms with E-state index in [2.05, 4.69) is 15.5 Å². The Morgan fingerprint density at radius 2 is 1.91 bits per heavy atom. The molecule has 0 radical (unpaired) electrons. The zero-order valence-corrected chi connectivity index (χ0v) is 20.0. The minimum atomic E-state index is -0.249. The van der Waals surface area contributed by atoms with Crippen LogP contribution in [0.15, 0.2) is 42.5 Å². The molecule has 1 aliphatic heterocycles. The molecule has 0 saturated carbocycles. The average molecular weight is 503 g/mol. The second-order valence-corrected chi connectivity index (χ2v) is 8.82. The largest absolute Gasteiger partial charge is 0.484 e. The molecule has 0 fully saturated rings. The summed E-state index contributed by atoms with van der Waals surface area (Å²) in [4.78, 5) is 26.7. The second-order valence-electron chi connectivity index (χ2n) is 7.40. The van der Waals surface area contributed by atoms with Gasteiger partial charge in [-0.2, -0.15) is 0 Å². The molecule has 11 heteroatoms. The van der Waals surface area contributed by atoms with Crippen molar-refractivity contribution in [3.8, 4) is 27.8 Å². The maximum Gasteiger partial charge on any atom is 0.260 e. The molecular formula is C23H23ClN4O5S. The van der Waals surface area contributed by atoms with Gasteiger partial charge in [0.1, 0.15) is 10.8 Å². The molecule has 4 rings (SSSR count). The minimum Gasteiger partial charge on any atom is -0.484 e. The van der Waals surface area contributed by atoms with Gasteiger partial charge in [-0.05, 0) is 48.9 Å². The monoisotopic (exact) mass is 502 g/mol. The molecule has 0 spiro atoms. The molecule has 3 aromatic rings. The summed E-state index contributed by atoms with van der Waals surface area (Å²) in [7, 11) is 0. The first-order chi connectivity index (χ1) is 16.5. The first-order valence-electron chi connectivity index (χ1n) is 10.7. The maximum atomic E-state index is 12.6. The van der Waals surface area contributed by atoms with Gasteiger partial charge in [0.15, 0.2) is 18.1 Å². The highest BCUT2D eigenvalue weighted by Crippen LogP contribution is 2.37. The number of nitrogens with one attached hydrogen (secondary N) is 1. The van der Waals surface area contributed by atoms with Gasteiger partial charge in [0, 0.05) is 30.1 Å². The summed E-state index contributed by atoms with van der Waals surface area (Å²) in [6.45, 7) is 2.86. The van der Waals surface area contributed by atoms with Crippen molar-refractivity contribution in [1.29, 1.82) is 0 Å². The molecule has 0 atom stereocenters. The van der Waals surface area contributed by atoms with Gasteiger partial charge < -0.3 is 24.4 Å². The molecule has 1 aromatic heterocycles. The number of hydrogen-bond donors (Lipinski definition) is 1. The lowest BCUT2D eigenvalue weighted by Gasteiger charge is -2.22. The SMILES string of the molecule is CCCN(CCC(=O)Nc1nnc(-c2ccc3c(c2)OCO3)s1)C(=O)COc1ccc(Cl)cc1. The van der Waals surface area contributed by atoms with Gasteiger partial charge in [0.05, 0.1) is 0 Å². The van der Waals surface area contributed by atoms with Gasteiger partial charge in [0.2, 0.25) is 17.8 Å². The van der Waals surface area contributed by atoms with Crippen LogP contribution in [0.4, 0.5) is 5.13 Å². The summed E-state index contributed by atoms with van der Waals surface area (Å²) in [6, 6.07) is 12.3. The molecule has 0 unspecified atom stereocenters. The van der Waals surface area contributed by atoms with Crippen LogP contribution < -0.4 is 19.5 Å². The topological polar surface area (TPSA) is 103 Å². The summed E-state index contributed by atoms with van der Waals surface area (Å²) in [5.41, 5.74) is 0.822. The lowest BCUT2D eigenvalue weighted by Crippen LogP contribution is -2.37. The number of ether oxygens (including phenoxy) is 3. The predicted molar refractivity (Wildman–Crippen MR) is 129 cm³/mol. The van der Waals surface area contributed by atoms with Crippen molar-refractivity contribution in [2.75, 3.05) is 31.8 Å². The number of aromatic nitrogens is 2. The molecule has 0 aliphatic carbocycles. The number of nitrogens with zero attached hydrogens (tertiary/aromatic N) is 3. The molecule has 0 saturated heterocycles. The van der Waals surface area contributed by atoms with Gasteiger partial charge in [-0.1, -0.05) is 29.9 Å². The number of amides is 2. The predicted octanol–water partition coefficient (Wildman–Crippen LogP) is 4.23. The highest BCUT2D eigenvalue weighted by Gasteiger charge is 2.18. The van der Waals surface area contributed by atoms with Crippen LogP contribution in [0.2, 0.25) is 5.02 Å². The van der Waals surface area contributed by atoms with E-state index in [1.165, 1.54) is 11.3 Å². The zero-order chi connectivity index (χ0) is 23.9. The molecule has 9 nitrogen and oxygen atoms in total. The van der Waals surface area contributed by atoms with Crippen LogP contribution in [0.25, 0.3) is 10.6 Å². The highest BCUT2D eigenvalue weighted by atomic mass is 35.5. The summed E-state index contributed by atoms with van der Waals surface area (Å²) < 4.78 is 16.2. The molecule has 2 heterocycles. The lowest BCUT2D eigenvalue weighted by molar-refractivity contribution is -0.133. The lowest BCUT2D eigenvalue weighted by atomic mass is 10.2. The Balaban J connectivity index is 1.27. The molecule has 34 heavy (non-hydrogen) atoms. The zero-order valence-electron chi connectivity index (χ0n) is 18.5. The minimum absolute atomic E-state index is 0.113. The quantitative estimate of drug-likeness (QED) is 0.442. The first kappa shape index (κ1) is 23.8. The van der Waals surface area contributed by atoms with E-state index < -0.39 is 0 Å². The van der Waals surface area contributed by atoms with Crippen molar-refractivity contribution in [1.82, 2.24) is 15.1 Å². The fourth-order valence-electron chi connectivity index (χ4n) is 3.24. The smallest absolute Gasteiger partial charge is 0.260 e. The van der Waals surface area contributed by atoms with Crippen molar-refractivity contribution >= 4 is 39.9 Å². The maximum absolute atomic E-state index is 12.6. The Morgan fingerprint density at radius 3 is 2.71 bits per heavy atom. The van der Waals surface area contributed by atoms with E-state index in [0.29, 0.717) is 39.0 Å². The van der Waals surface area contributed by atoms with Crippen molar-refractivity contribution < 1.29 is 23.8 Å². The van der Waals surface area contributed by atoms with E-state index >= 15 is 0 Å². The fraction of sp³-hybridized carbons (Fsp3) is 0.304. The average Bonchev–Trinajstić information content (AvgIpc) is 3.50. The molecular weight excluding hydrogens is 480 g/mol. The Kier molecular flexibility index (Phi) is 7.81. The number of hydrogen-bond acceptors (Lipinski definition) is 8. The van der Waals surface area contributed by atoms with E-state index in [0.717, 1.165) is 12.0 Å². The van der Waals surface area contributed by atoms with Crippen molar-refractivity contribution in [3.63, 3.8) is 0 Å². The van der Waals surface area contributed by atoms with E-state index in [9.17, 15) is 9.59 Å². The highest BCUT2D eigenvalue weighted by molar-refractivity contribution is 7.18. The van der Waals surface area contributed by atoms with Crippen LogP contribution in [-0.4, -0.2) is 53.4 Å². The summed E-state index contributed by atoms with van der Waals surface area (Å²) in [6.07, 6.45) is 0.898. The van der Waals surface area contributed by atoms with Crippen molar-refractivity contribution in [2.24, 2.45) is 0 Å². The molecule has 178 valence electrons. The Morgan fingerprint density at radius 1 is 1.12 bits per heavy atom. The second kappa shape index (κ2) is 11.2. The van der Waals surface area contributed by atoms with Crippen molar-refractivity contribution in [2.45, 2.75) is 19.8 Å². The van der Waals surface area contributed by atoms with E-state index in [-0.39, 0.29) is 38.2 Å². The number of anilines is 1. The third-order valence-corrected chi connectivity index (χ3v) is 6.06. The molecule has 2 amide bonds. The molecule has 1 aliphatic rings. The third-order valence-electron chi connectivity index (χ3n) is 4.92. The van der Waals surface area contributed by atoms with Crippen LogP contribution in [0, 0.1) is 0 Å². The van der Waals surface area contributed by atoms with Gasteiger partial charge >= 0.3 is 0 Å². The van der Waals surface area contributed by atoms with Crippen LogP contribution >= 0.6 is 22.9 Å². The molecule has 1 N–H and O–H groups in total. The number of halogens is 1. The number of fused-ring (bicyclic) bond motifs is 1. The molecule has 0 bridgehead atoms. The van der Waals surface area contributed by atoms with Crippen molar-refractivity contribution in [3.05, 3.63) is 47.5 Å². The standard InChI is InChI=1S/C23H23ClN4O5S/c1-2-10-28(21(30)13-31-17-6-4-16(24)5-7-17)11-9-20(29)25-23-27-26-22(34-23)15-3-8-18-19(12-15)33-14-32-18/h3-8,12H,2,9-11,13-14H2,1H3,(H,25,27,29). The van der Waals surface area contributed by atoms with Gasteiger partial charge in [-0.15, -0.1) is 10.2 Å². The summed E-state index contributed by atoms with van der Waals surface area (Å²) in [5.74, 6) is 1.46. The van der Waals surface area contributed by atoms with Gasteiger partial charge in [-0.3, -0.25) is 9.59 Å². The number of benzene rings is 2. The van der Waals surface area contributed by atoms with Gasteiger partial charge in [-0.25, -0.2) is 0 Å². The Labute approximate surface area is 205 Å². The third kappa shape index (κ3) is 6.15. The van der Waals surface area contributed by atoms with E-state index in [4.69, 9.17) is 25.8 Å². The van der Waals surface area contributed by atoms with Crippen LogP contribution in [0.1, 0.15) is 19.8 Å². The Bertz CT molecular complexity index is 1150. The summed E-state index contributed by atoms with van der Waals surface area (Å²) in [5, 5.41) is 12.6.